The number of aryl methyl sites for hydroxylation is 3. The van der Waals surface area contributed by atoms with Crippen molar-refractivity contribution in [3.8, 4) is 5.95 Å². The molecule has 3 heterocycles. The second-order valence-corrected chi connectivity index (χ2v) is 6.11. The molecule has 0 N–H and O–H groups in total. The third kappa shape index (κ3) is 2.70. The van der Waals surface area contributed by atoms with Gasteiger partial charge in [0.2, 0.25) is 5.95 Å². The molecule has 0 spiro atoms. The van der Waals surface area contributed by atoms with Crippen molar-refractivity contribution in [2.24, 2.45) is 7.05 Å². The first-order valence-corrected chi connectivity index (χ1v) is 8.24. The average Bonchev–Trinajstić information content (AvgIpc) is 3.13. The Labute approximate surface area is 149 Å². The predicted molar refractivity (Wildman–Crippen MR) is 97.9 cm³/mol. The molecule has 138 valence electrons. The van der Waals surface area contributed by atoms with Crippen molar-refractivity contribution >= 4 is 11.2 Å². The van der Waals surface area contributed by atoms with Crippen LogP contribution in [0.5, 0.6) is 0 Å². The number of fused-ring (bicyclic) bond motifs is 1. The number of hydrogen-bond acceptors (Lipinski definition) is 5. The molecule has 0 saturated carbocycles. The van der Waals surface area contributed by atoms with E-state index in [-0.39, 0.29) is 13.2 Å². The summed E-state index contributed by atoms with van der Waals surface area (Å²) in [4.78, 5) is 30.1. The highest BCUT2D eigenvalue weighted by Crippen LogP contribution is 2.17. The molecule has 9 heteroatoms. The molecule has 0 aliphatic rings. The SMILES string of the molecule is C=CCn1c(-n2nc(C)cc2C)nc2c1c(=O)n(CCOC)c(=O)n2C. The van der Waals surface area contributed by atoms with Crippen LogP contribution in [-0.4, -0.2) is 42.2 Å². The van der Waals surface area contributed by atoms with Gasteiger partial charge >= 0.3 is 5.69 Å². The zero-order valence-corrected chi connectivity index (χ0v) is 15.4. The fourth-order valence-electron chi connectivity index (χ4n) is 3.03. The molecule has 0 fully saturated rings. The number of ether oxygens (including phenoxy) is 1. The quantitative estimate of drug-likeness (QED) is 0.600. The Morgan fingerprint density at radius 2 is 2.00 bits per heavy atom. The van der Waals surface area contributed by atoms with Crippen LogP contribution in [0.1, 0.15) is 11.4 Å². The number of aromatic nitrogens is 6. The van der Waals surface area contributed by atoms with Crippen molar-refractivity contribution in [2.45, 2.75) is 26.9 Å². The molecule has 0 radical (unpaired) electrons. The van der Waals surface area contributed by atoms with Crippen molar-refractivity contribution in [2.75, 3.05) is 13.7 Å². The zero-order valence-electron chi connectivity index (χ0n) is 15.4. The minimum absolute atomic E-state index is 0.173. The molecule has 9 nitrogen and oxygen atoms in total. The molecule has 0 aliphatic heterocycles. The summed E-state index contributed by atoms with van der Waals surface area (Å²) in [6.45, 7) is 8.37. The maximum atomic E-state index is 13.0. The Bertz CT molecular complexity index is 1100. The minimum Gasteiger partial charge on any atom is -0.383 e. The summed E-state index contributed by atoms with van der Waals surface area (Å²) in [6.07, 6.45) is 1.68. The number of hydrogen-bond donors (Lipinski definition) is 0. The number of allylic oxidation sites excluding steroid dienone is 1. The van der Waals surface area contributed by atoms with Crippen LogP contribution in [-0.2, 0) is 24.9 Å². The summed E-state index contributed by atoms with van der Waals surface area (Å²) in [5, 5.41) is 4.46. The van der Waals surface area contributed by atoms with E-state index in [1.165, 1.54) is 11.7 Å². The van der Waals surface area contributed by atoms with Crippen LogP contribution >= 0.6 is 0 Å². The Morgan fingerprint density at radius 3 is 2.58 bits per heavy atom. The standard InChI is InChI=1S/C17H22N6O3/c1-6-7-21-13-14(18-16(21)23-12(3)10-11(2)19-23)20(4)17(25)22(15(13)24)8-9-26-5/h6,10H,1,7-9H2,2-5H3. The van der Waals surface area contributed by atoms with E-state index in [9.17, 15) is 9.59 Å². The van der Waals surface area contributed by atoms with Gasteiger partial charge in [-0.15, -0.1) is 6.58 Å². The van der Waals surface area contributed by atoms with Crippen molar-refractivity contribution in [3.63, 3.8) is 0 Å². The fourth-order valence-corrected chi connectivity index (χ4v) is 3.03. The Morgan fingerprint density at radius 1 is 1.27 bits per heavy atom. The van der Waals surface area contributed by atoms with Gasteiger partial charge in [-0.05, 0) is 19.9 Å². The highest BCUT2D eigenvalue weighted by atomic mass is 16.5. The first-order chi connectivity index (χ1) is 12.4. The second kappa shape index (κ2) is 6.75. The highest BCUT2D eigenvalue weighted by molar-refractivity contribution is 5.72. The van der Waals surface area contributed by atoms with Crippen molar-refractivity contribution in [1.29, 1.82) is 0 Å². The second-order valence-electron chi connectivity index (χ2n) is 6.11. The van der Waals surface area contributed by atoms with E-state index in [4.69, 9.17) is 4.74 Å². The van der Waals surface area contributed by atoms with Gasteiger partial charge in [-0.3, -0.25) is 18.5 Å². The predicted octanol–water partition coefficient (Wildman–Crippen LogP) is 0.532. The van der Waals surface area contributed by atoms with Gasteiger partial charge in [0.25, 0.3) is 5.56 Å². The lowest BCUT2D eigenvalue weighted by Gasteiger charge is -2.09. The van der Waals surface area contributed by atoms with Crippen LogP contribution < -0.4 is 11.2 Å². The minimum atomic E-state index is -0.428. The summed E-state index contributed by atoms with van der Waals surface area (Å²) in [7, 11) is 3.13. The van der Waals surface area contributed by atoms with Crippen LogP contribution in [0.25, 0.3) is 17.1 Å². The van der Waals surface area contributed by atoms with Crippen LogP contribution in [0.3, 0.4) is 0 Å². The third-order valence-corrected chi connectivity index (χ3v) is 4.24. The average molecular weight is 358 g/mol. The third-order valence-electron chi connectivity index (χ3n) is 4.24. The molecule has 0 aliphatic carbocycles. The van der Waals surface area contributed by atoms with Gasteiger partial charge in [0, 0.05) is 26.4 Å². The lowest BCUT2D eigenvalue weighted by Crippen LogP contribution is -2.40. The molecule has 3 aromatic rings. The van der Waals surface area contributed by atoms with E-state index < -0.39 is 11.2 Å². The summed E-state index contributed by atoms with van der Waals surface area (Å²) in [6, 6.07) is 1.92. The van der Waals surface area contributed by atoms with E-state index in [1.807, 2.05) is 19.9 Å². The van der Waals surface area contributed by atoms with Crippen molar-refractivity contribution < 1.29 is 4.74 Å². The normalized spacial score (nSPS) is 11.4. The number of nitrogens with zero attached hydrogens (tertiary/aromatic N) is 6. The summed E-state index contributed by atoms with van der Waals surface area (Å²) < 4.78 is 11.0. The highest BCUT2D eigenvalue weighted by Gasteiger charge is 2.21. The van der Waals surface area contributed by atoms with Crippen LogP contribution in [0, 0.1) is 13.8 Å². The van der Waals surface area contributed by atoms with Crippen molar-refractivity contribution in [1.82, 2.24) is 28.5 Å². The topological polar surface area (TPSA) is 88.9 Å². The van der Waals surface area contributed by atoms with Gasteiger partial charge in [0.05, 0.1) is 18.8 Å². The molecule has 0 saturated heterocycles. The molecule has 3 rings (SSSR count). The zero-order chi connectivity index (χ0) is 19.0. The molecular weight excluding hydrogens is 336 g/mol. The van der Waals surface area contributed by atoms with Crippen LogP contribution in [0.2, 0.25) is 0 Å². The van der Waals surface area contributed by atoms with Gasteiger partial charge in [-0.1, -0.05) is 6.08 Å². The molecule has 3 aromatic heterocycles. The molecule has 0 unspecified atom stereocenters. The van der Waals surface area contributed by atoms with E-state index in [0.29, 0.717) is 23.7 Å². The lowest BCUT2D eigenvalue weighted by molar-refractivity contribution is 0.184. The van der Waals surface area contributed by atoms with Crippen molar-refractivity contribution in [3.05, 3.63) is 50.9 Å². The van der Waals surface area contributed by atoms with Crippen LogP contribution in [0.15, 0.2) is 28.3 Å². The number of rotatable bonds is 6. The van der Waals surface area contributed by atoms with Gasteiger partial charge < -0.3 is 4.74 Å². The maximum Gasteiger partial charge on any atom is 0.332 e. The van der Waals surface area contributed by atoms with E-state index in [2.05, 4.69) is 16.7 Å². The first-order valence-electron chi connectivity index (χ1n) is 8.24. The smallest absolute Gasteiger partial charge is 0.332 e. The lowest BCUT2D eigenvalue weighted by atomic mass is 10.4. The Balaban J connectivity index is 2.41. The summed E-state index contributed by atoms with van der Waals surface area (Å²) in [5.41, 5.74) is 1.55. The number of imidazole rings is 1. The van der Waals surface area contributed by atoms with E-state index in [1.54, 1.807) is 22.4 Å². The fraction of sp³-hybridized carbons (Fsp3) is 0.412. The van der Waals surface area contributed by atoms with Crippen LogP contribution in [0.4, 0.5) is 0 Å². The molecule has 26 heavy (non-hydrogen) atoms. The summed E-state index contributed by atoms with van der Waals surface area (Å²) >= 11 is 0. The largest absolute Gasteiger partial charge is 0.383 e. The van der Waals surface area contributed by atoms with E-state index >= 15 is 0 Å². The van der Waals surface area contributed by atoms with Gasteiger partial charge in [0.15, 0.2) is 11.2 Å². The van der Waals surface area contributed by atoms with E-state index in [0.717, 1.165) is 16.0 Å². The maximum absolute atomic E-state index is 13.0. The molecule has 0 atom stereocenters. The Kier molecular flexibility index (Phi) is 4.64. The first kappa shape index (κ1) is 17.9. The Hall–Kier alpha value is -2.94. The molecular formula is C17H22N6O3. The molecule has 0 aromatic carbocycles. The summed E-state index contributed by atoms with van der Waals surface area (Å²) in [5.74, 6) is 0.474. The van der Waals surface area contributed by atoms with Gasteiger partial charge in [0.1, 0.15) is 0 Å². The number of methoxy groups -OCH3 is 1. The monoisotopic (exact) mass is 358 g/mol. The molecule has 0 amide bonds. The van der Waals surface area contributed by atoms with Gasteiger partial charge in [-0.2, -0.15) is 10.1 Å². The van der Waals surface area contributed by atoms with Gasteiger partial charge in [-0.25, -0.2) is 9.48 Å². The molecule has 0 bridgehead atoms.